The van der Waals surface area contributed by atoms with Crippen molar-refractivity contribution in [3.05, 3.63) is 65.7 Å². The highest BCUT2D eigenvalue weighted by Crippen LogP contribution is 2.23. The Kier molecular flexibility index (Phi) is 11.1. The molecule has 0 radical (unpaired) electrons. The average Bonchev–Trinajstić information content (AvgIpc) is 2.93. The first-order chi connectivity index (χ1) is 19.0. The summed E-state index contributed by atoms with van der Waals surface area (Å²) in [5.41, 5.74) is 1.49. The molecule has 2 aromatic carbocycles. The van der Waals surface area contributed by atoms with Gasteiger partial charge in [0.25, 0.3) is 0 Å². The minimum Gasteiger partial charge on any atom is -0.487 e. The Morgan fingerprint density at radius 2 is 1.70 bits per heavy atom. The molecule has 0 saturated heterocycles. The molecule has 9 nitrogen and oxygen atoms in total. The Balaban J connectivity index is 2.03. The third-order valence-corrected chi connectivity index (χ3v) is 7.50. The van der Waals surface area contributed by atoms with Crippen LogP contribution in [0.5, 0.6) is 5.75 Å². The highest BCUT2D eigenvalue weighted by atomic mass is 16.5. The van der Waals surface area contributed by atoms with Crippen LogP contribution >= 0.6 is 0 Å². The van der Waals surface area contributed by atoms with E-state index in [2.05, 4.69) is 16.0 Å². The third-order valence-electron chi connectivity index (χ3n) is 7.50. The number of carbonyl (C=O) groups is 3. The van der Waals surface area contributed by atoms with Crippen LogP contribution in [0.1, 0.15) is 51.3 Å². The third kappa shape index (κ3) is 8.05. The van der Waals surface area contributed by atoms with Crippen molar-refractivity contribution in [3.63, 3.8) is 0 Å². The molecule has 9 heteroatoms. The number of carbonyl (C=O) groups excluding carboxylic acids is 3. The number of fused-ring (bicyclic) bond motifs is 11. The topological polar surface area (TPSA) is 120 Å². The van der Waals surface area contributed by atoms with E-state index in [1.54, 1.807) is 24.3 Å². The van der Waals surface area contributed by atoms with Gasteiger partial charge in [-0.05, 0) is 49.2 Å². The van der Waals surface area contributed by atoms with Gasteiger partial charge in [-0.1, -0.05) is 76.6 Å². The second-order valence-electron chi connectivity index (χ2n) is 11.2. The number of benzene rings is 2. The van der Waals surface area contributed by atoms with E-state index in [1.165, 1.54) is 0 Å². The summed E-state index contributed by atoms with van der Waals surface area (Å²) in [6.45, 7) is 7.85. The lowest BCUT2D eigenvalue weighted by molar-refractivity contribution is -0.137. The molecule has 0 aliphatic carbocycles. The number of rotatable bonds is 8. The number of ether oxygens (including phenoxy) is 1. The van der Waals surface area contributed by atoms with Crippen molar-refractivity contribution >= 4 is 17.7 Å². The van der Waals surface area contributed by atoms with Crippen molar-refractivity contribution in [2.75, 3.05) is 20.6 Å². The van der Waals surface area contributed by atoms with Gasteiger partial charge in [0.05, 0.1) is 12.1 Å². The van der Waals surface area contributed by atoms with Crippen LogP contribution in [-0.4, -0.2) is 72.6 Å². The molecule has 4 N–H and O–H groups in total. The first-order valence-electron chi connectivity index (χ1n) is 14.0. The zero-order valence-electron chi connectivity index (χ0n) is 24.4. The largest absolute Gasteiger partial charge is 0.487 e. The Hall–Kier alpha value is -3.43. The fourth-order valence-corrected chi connectivity index (χ4v) is 5.03. The molecule has 40 heavy (non-hydrogen) atoms. The van der Waals surface area contributed by atoms with E-state index in [0.29, 0.717) is 11.3 Å². The second-order valence-corrected chi connectivity index (χ2v) is 11.2. The maximum atomic E-state index is 14.0. The van der Waals surface area contributed by atoms with Gasteiger partial charge in [0.1, 0.15) is 23.9 Å². The van der Waals surface area contributed by atoms with Crippen LogP contribution in [0.25, 0.3) is 0 Å². The SMILES string of the molecule is CCC(C)C(C(=O)NC1C(=O)NC(Cc2ccccc2)C(=O)NCC(O)c2ccc(cc2)OC1C(C)C)N(C)C. The van der Waals surface area contributed by atoms with Crippen LogP contribution in [0, 0.1) is 11.8 Å². The predicted molar refractivity (Wildman–Crippen MR) is 155 cm³/mol. The Bertz CT molecular complexity index is 1120. The number of nitrogens with one attached hydrogen (secondary N) is 3. The van der Waals surface area contributed by atoms with Gasteiger partial charge in [0, 0.05) is 13.0 Å². The fourth-order valence-electron chi connectivity index (χ4n) is 5.03. The van der Waals surface area contributed by atoms with Crippen LogP contribution < -0.4 is 20.7 Å². The van der Waals surface area contributed by atoms with Crippen LogP contribution in [-0.2, 0) is 20.8 Å². The van der Waals surface area contributed by atoms with E-state index in [4.69, 9.17) is 4.74 Å². The van der Waals surface area contributed by atoms with E-state index >= 15 is 0 Å². The summed E-state index contributed by atoms with van der Waals surface area (Å²) in [5.74, 6) is -0.837. The normalized spacial score (nSPS) is 23.5. The molecule has 6 unspecified atom stereocenters. The molecule has 6 atom stereocenters. The van der Waals surface area contributed by atoms with E-state index in [-0.39, 0.29) is 30.7 Å². The fraction of sp³-hybridized carbons (Fsp3) is 0.516. The minimum atomic E-state index is -1.07. The van der Waals surface area contributed by atoms with Crippen LogP contribution in [0.4, 0.5) is 0 Å². The average molecular weight is 553 g/mol. The number of aliphatic hydroxyl groups excluding tert-OH is 1. The van der Waals surface area contributed by atoms with Gasteiger partial charge in [-0.25, -0.2) is 0 Å². The van der Waals surface area contributed by atoms with Gasteiger partial charge < -0.3 is 25.8 Å². The van der Waals surface area contributed by atoms with Crippen molar-refractivity contribution in [3.8, 4) is 5.75 Å². The molecule has 0 spiro atoms. The summed E-state index contributed by atoms with van der Waals surface area (Å²) < 4.78 is 6.33. The molecule has 3 amide bonds. The van der Waals surface area contributed by atoms with E-state index in [1.807, 2.05) is 77.0 Å². The van der Waals surface area contributed by atoms with Crippen molar-refractivity contribution < 1.29 is 24.2 Å². The molecule has 2 bridgehead atoms. The van der Waals surface area contributed by atoms with Gasteiger partial charge >= 0.3 is 0 Å². The van der Waals surface area contributed by atoms with Crippen molar-refractivity contribution in [1.82, 2.24) is 20.9 Å². The lowest BCUT2D eigenvalue weighted by atomic mass is 9.94. The summed E-state index contributed by atoms with van der Waals surface area (Å²) in [6.07, 6.45) is -0.633. The summed E-state index contributed by atoms with van der Waals surface area (Å²) in [6, 6.07) is 13.8. The molecular weight excluding hydrogens is 508 g/mol. The van der Waals surface area contributed by atoms with Gasteiger partial charge in [-0.15, -0.1) is 0 Å². The lowest BCUT2D eigenvalue weighted by Crippen LogP contribution is -2.62. The molecule has 2 heterocycles. The Labute approximate surface area is 237 Å². The molecule has 2 aliphatic heterocycles. The first-order valence-corrected chi connectivity index (χ1v) is 14.0. The smallest absolute Gasteiger partial charge is 0.247 e. The summed E-state index contributed by atoms with van der Waals surface area (Å²) >= 11 is 0. The van der Waals surface area contributed by atoms with Gasteiger partial charge in [0.15, 0.2) is 0 Å². The van der Waals surface area contributed by atoms with Gasteiger partial charge in [0.2, 0.25) is 17.7 Å². The molecular formula is C31H44N4O5. The summed E-state index contributed by atoms with van der Waals surface area (Å²) in [4.78, 5) is 42.8. The van der Waals surface area contributed by atoms with E-state index in [0.717, 1.165) is 12.0 Å². The summed E-state index contributed by atoms with van der Waals surface area (Å²) in [7, 11) is 3.69. The monoisotopic (exact) mass is 552 g/mol. The number of likely N-dealkylation sites (N-methyl/N-ethyl adjacent to an activating group) is 1. The van der Waals surface area contributed by atoms with Crippen molar-refractivity contribution in [1.29, 1.82) is 0 Å². The van der Waals surface area contributed by atoms with E-state index < -0.39 is 42.1 Å². The molecule has 2 aromatic rings. The van der Waals surface area contributed by atoms with Gasteiger partial charge in [-0.2, -0.15) is 0 Å². The predicted octanol–water partition coefficient (Wildman–Crippen LogP) is 2.44. The van der Waals surface area contributed by atoms with Crippen molar-refractivity contribution in [2.45, 2.75) is 70.9 Å². The number of amides is 3. The Morgan fingerprint density at radius 3 is 2.27 bits per heavy atom. The Morgan fingerprint density at radius 1 is 1.05 bits per heavy atom. The molecule has 0 saturated carbocycles. The maximum absolute atomic E-state index is 14.0. The van der Waals surface area contributed by atoms with E-state index in [9.17, 15) is 19.5 Å². The summed E-state index contributed by atoms with van der Waals surface area (Å²) in [5, 5.41) is 19.3. The number of hydrogen-bond donors (Lipinski definition) is 4. The maximum Gasteiger partial charge on any atom is 0.247 e. The molecule has 218 valence electrons. The number of hydrogen-bond acceptors (Lipinski definition) is 6. The zero-order valence-corrected chi connectivity index (χ0v) is 24.4. The van der Waals surface area contributed by atoms with Crippen molar-refractivity contribution in [2.24, 2.45) is 11.8 Å². The number of aliphatic hydroxyl groups is 1. The minimum absolute atomic E-state index is 0.0194. The zero-order chi connectivity index (χ0) is 29.4. The van der Waals surface area contributed by atoms with Gasteiger partial charge in [-0.3, -0.25) is 19.3 Å². The number of nitrogens with zero attached hydrogens (tertiary/aromatic N) is 1. The van der Waals surface area contributed by atoms with Crippen LogP contribution in [0.3, 0.4) is 0 Å². The molecule has 0 fully saturated rings. The van der Waals surface area contributed by atoms with Crippen LogP contribution in [0.15, 0.2) is 54.6 Å². The molecule has 0 aromatic heterocycles. The molecule has 4 rings (SSSR count). The lowest BCUT2D eigenvalue weighted by Gasteiger charge is -2.35. The molecule has 2 aliphatic rings. The highest BCUT2D eigenvalue weighted by Gasteiger charge is 2.38. The first kappa shape index (κ1) is 31.1. The highest BCUT2D eigenvalue weighted by molar-refractivity contribution is 5.93. The quantitative estimate of drug-likeness (QED) is 0.399. The van der Waals surface area contributed by atoms with Crippen LogP contribution in [0.2, 0.25) is 0 Å². The second kappa shape index (κ2) is 14.3. The standard InChI is InChI=1S/C31H44N4O5/c1-7-20(4)27(35(5)6)31(39)34-26-28(19(2)3)40-23-15-13-22(14-16-23)25(36)18-32-29(37)24(33-30(26)38)17-21-11-9-8-10-12-21/h8-16,19-20,24-28,36H,7,17-18H2,1-6H3,(H,32,37)(H,33,38)(H,34,39).